The lowest BCUT2D eigenvalue weighted by molar-refractivity contribution is 0.311. The van der Waals surface area contributed by atoms with Crippen LogP contribution in [0.2, 0.25) is 0 Å². The number of benzene rings is 2. The molecule has 2 aromatic carbocycles. The molecule has 1 heterocycles. The van der Waals surface area contributed by atoms with Gasteiger partial charge in [0.25, 0.3) is 0 Å². The molecular weight excluding hydrogens is 331 g/mol. The van der Waals surface area contributed by atoms with Crippen molar-refractivity contribution in [3.05, 3.63) is 78.4 Å². The van der Waals surface area contributed by atoms with Crippen LogP contribution in [0.15, 0.2) is 67.0 Å². The maximum Gasteiger partial charge on any atom is 0.123 e. The molecule has 0 amide bonds. The van der Waals surface area contributed by atoms with Gasteiger partial charge in [0.05, 0.1) is 7.11 Å². The first kappa shape index (κ1) is 17.9. The van der Waals surface area contributed by atoms with Gasteiger partial charge in [0.2, 0.25) is 0 Å². The molecule has 0 saturated carbocycles. The van der Waals surface area contributed by atoms with Gasteiger partial charge in [-0.3, -0.25) is 4.98 Å². The van der Waals surface area contributed by atoms with E-state index in [0.29, 0.717) is 19.7 Å². The average Bonchev–Trinajstić information content (AvgIpc) is 2.69. The number of halogens is 1. The first-order valence-electron chi connectivity index (χ1n) is 8.42. The molecule has 0 saturated heterocycles. The molecule has 0 aliphatic heterocycles. The standard InChI is InChI=1S/C21H21FN2O2/c1-25-20-3-2-4-21(12-20)26-10-9-23-13-16-11-18(15-24-14-16)17-5-7-19(22)8-6-17/h2-8,11-12,14-15,23H,9-10,13H2,1H3. The molecule has 1 N–H and O–H groups in total. The summed E-state index contributed by atoms with van der Waals surface area (Å²) in [7, 11) is 1.63. The van der Waals surface area contributed by atoms with Crippen molar-refractivity contribution in [2.45, 2.75) is 6.54 Å². The highest BCUT2D eigenvalue weighted by molar-refractivity contribution is 5.62. The van der Waals surface area contributed by atoms with Crippen molar-refractivity contribution in [2.24, 2.45) is 0 Å². The number of aromatic nitrogens is 1. The molecule has 3 aromatic rings. The van der Waals surface area contributed by atoms with Crippen molar-refractivity contribution in [1.82, 2.24) is 10.3 Å². The smallest absolute Gasteiger partial charge is 0.123 e. The van der Waals surface area contributed by atoms with Crippen molar-refractivity contribution >= 4 is 0 Å². The second kappa shape index (κ2) is 8.97. The van der Waals surface area contributed by atoms with Crippen molar-refractivity contribution in [3.63, 3.8) is 0 Å². The second-order valence-electron chi connectivity index (χ2n) is 5.79. The van der Waals surface area contributed by atoms with E-state index in [2.05, 4.69) is 16.4 Å². The molecule has 26 heavy (non-hydrogen) atoms. The first-order chi connectivity index (χ1) is 12.7. The lowest BCUT2D eigenvalue weighted by atomic mass is 10.1. The summed E-state index contributed by atoms with van der Waals surface area (Å²) in [5.74, 6) is 1.32. The molecule has 0 aliphatic rings. The fourth-order valence-electron chi connectivity index (χ4n) is 2.55. The molecular formula is C21H21FN2O2. The highest BCUT2D eigenvalue weighted by atomic mass is 19.1. The molecule has 0 unspecified atom stereocenters. The van der Waals surface area contributed by atoms with E-state index >= 15 is 0 Å². The monoisotopic (exact) mass is 352 g/mol. The second-order valence-corrected chi connectivity index (χ2v) is 5.79. The van der Waals surface area contributed by atoms with Crippen LogP contribution in [0.25, 0.3) is 11.1 Å². The number of nitrogens with zero attached hydrogens (tertiary/aromatic N) is 1. The molecule has 5 heteroatoms. The molecule has 0 radical (unpaired) electrons. The maximum absolute atomic E-state index is 13.0. The molecule has 4 nitrogen and oxygen atoms in total. The summed E-state index contributed by atoms with van der Waals surface area (Å²) >= 11 is 0. The maximum atomic E-state index is 13.0. The van der Waals surface area contributed by atoms with Gasteiger partial charge < -0.3 is 14.8 Å². The average molecular weight is 352 g/mol. The number of nitrogens with one attached hydrogen (secondary N) is 1. The van der Waals surface area contributed by atoms with Gasteiger partial charge >= 0.3 is 0 Å². The topological polar surface area (TPSA) is 43.4 Å². The Morgan fingerprint density at radius 2 is 1.77 bits per heavy atom. The van der Waals surface area contributed by atoms with Gasteiger partial charge in [-0.05, 0) is 41.5 Å². The third-order valence-corrected chi connectivity index (χ3v) is 3.89. The SMILES string of the molecule is COc1cccc(OCCNCc2cncc(-c3ccc(F)cc3)c2)c1. The van der Waals surface area contributed by atoms with Crippen LogP contribution in [-0.2, 0) is 6.54 Å². The highest BCUT2D eigenvalue weighted by Crippen LogP contribution is 2.20. The predicted octanol–water partition coefficient (Wildman–Crippen LogP) is 4.06. The van der Waals surface area contributed by atoms with Crippen LogP contribution in [0, 0.1) is 5.82 Å². The highest BCUT2D eigenvalue weighted by Gasteiger charge is 2.01. The van der Waals surface area contributed by atoms with Gasteiger partial charge in [-0.1, -0.05) is 18.2 Å². The van der Waals surface area contributed by atoms with E-state index in [0.717, 1.165) is 28.2 Å². The third kappa shape index (κ3) is 5.04. The molecule has 0 bridgehead atoms. The minimum absolute atomic E-state index is 0.240. The zero-order chi connectivity index (χ0) is 18.2. The largest absolute Gasteiger partial charge is 0.497 e. The fraction of sp³-hybridized carbons (Fsp3) is 0.190. The van der Waals surface area contributed by atoms with E-state index in [1.807, 2.05) is 30.5 Å². The number of pyridine rings is 1. The van der Waals surface area contributed by atoms with Gasteiger partial charge in [0, 0.05) is 37.1 Å². The zero-order valence-corrected chi connectivity index (χ0v) is 14.6. The van der Waals surface area contributed by atoms with E-state index in [1.165, 1.54) is 12.1 Å². The van der Waals surface area contributed by atoms with Crippen LogP contribution < -0.4 is 14.8 Å². The van der Waals surface area contributed by atoms with E-state index in [-0.39, 0.29) is 5.82 Å². The van der Waals surface area contributed by atoms with Crippen LogP contribution in [-0.4, -0.2) is 25.2 Å². The Kier molecular flexibility index (Phi) is 6.17. The van der Waals surface area contributed by atoms with Crippen molar-refractivity contribution in [1.29, 1.82) is 0 Å². The Labute approximate surface area is 152 Å². The number of rotatable bonds is 8. The van der Waals surface area contributed by atoms with Gasteiger partial charge in [-0.25, -0.2) is 4.39 Å². The molecule has 134 valence electrons. The van der Waals surface area contributed by atoms with Crippen molar-refractivity contribution in [3.8, 4) is 22.6 Å². The molecule has 0 spiro atoms. The number of methoxy groups -OCH3 is 1. The van der Waals surface area contributed by atoms with Gasteiger partial charge in [0.1, 0.15) is 23.9 Å². The van der Waals surface area contributed by atoms with Crippen LogP contribution in [0.3, 0.4) is 0 Å². The lowest BCUT2D eigenvalue weighted by Gasteiger charge is -2.09. The molecule has 0 fully saturated rings. The molecule has 3 rings (SSSR count). The van der Waals surface area contributed by atoms with E-state index in [4.69, 9.17) is 9.47 Å². The summed E-state index contributed by atoms with van der Waals surface area (Å²) in [4.78, 5) is 4.27. The summed E-state index contributed by atoms with van der Waals surface area (Å²) in [6.45, 7) is 1.94. The van der Waals surface area contributed by atoms with Gasteiger partial charge in [0.15, 0.2) is 0 Å². The normalized spacial score (nSPS) is 10.5. The number of hydrogen-bond donors (Lipinski definition) is 1. The van der Waals surface area contributed by atoms with E-state index in [1.54, 1.807) is 25.4 Å². The summed E-state index contributed by atoms with van der Waals surface area (Å²) in [6, 6.07) is 16.0. The van der Waals surface area contributed by atoms with Crippen molar-refractivity contribution in [2.75, 3.05) is 20.3 Å². The summed E-state index contributed by atoms with van der Waals surface area (Å²) < 4.78 is 23.9. The number of hydrogen-bond acceptors (Lipinski definition) is 4. The first-order valence-corrected chi connectivity index (χ1v) is 8.42. The predicted molar refractivity (Wildman–Crippen MR) is 99.8 cm³/mol. The Morgan fingerprint density at radius 3 is 2.58 bits per heavy atom. The zero-order valence-electron chi connectivity index (χ0n) is 14.6. The van der Waals surface area contributed by atoms with Crippen molar-refractivity contribution < 1.29 is 13.9 Å². The van der Waals surface area contributed by atoms with Crippen LogP contribution >= 0.6 is 0 Å². The fourth-order valence-corrected chi connectivity index (χ4v) is 2.55. The van der Waals surface area contributed by atoms with Crippen LogP contribution in [0.4, 0.5) is 4.39 Å². The molecule has 0 atom stereocenters. The molecule has 1 aromatic heterocycles. The Hall–Kier alpha value is -2.92. The van der Waals surface area contributed by atoms with Gasteiger partial charge in [-0.15, -0.1) is 0 Å². The van der Waals surface area contributed by atoms with Gasteiger partial charge in [-0.2, -0.15) is 0 Å². The Balaban J connectivity index is 1.47. The van der Waals surface area contributed by atoms with E-state index < -0.39 is 0 Å². The van der Waals surface area contributed by atoms with Crippen LogP contribution in [0.1, 0.15) is 5.56 Å². The number of ether oxygens (including phenoxy) is 2. The van der Waals surface area contributed by atoms with E-state index in [9.17, 15) is 4.39 Å². The summed E-state index contributed by atoms with van der Waals surface area (Å²) in [5, 5.41) is 3.33. The van der Waals surface area contributed by atoms with Crippen LogP contribution in [0.5, 0.6) is 11.5 Å². The lowest BCUT2D eigenvalue weighted by Crippen LogP contribution is -2.20. The Bertz CT molecular complexity index is 837. The quantitative estimate of drug-likeness (QED) is 0.621. The molecule has 0 aliphatic carbocycles. The third-order valence-electron chi connectivity index (χ3n) is 3.89. The minimum Gasteiger partial charge on any atom is -0.497 e. The Morgan fingerprint density at radius 1 is 0.962 bits per heavy atom. The summed E-state index contributed by atoms with van der Waals surface area (Å²) in [5.41, 5.74) is 2.98. The summed E-state index contributed by atoms with van der Waals surface area (Å²) in [6.07, 6.45) is 3.60. The minimum atomic E-state index is -0.240.